The van der Waals surface area contributed by atoms with Gasteiger partial charge < -0.3 is 10.3 Å². The van der Waals surface area contributed by atoms with Crippen molar-refractivity contribution in [2.45, 2.75) is 0 Å². The summed E-state index contributed by atoms with van der Waals surface area (Å²) in [7, 11) is 0. The van der Waals surface area contributed by atoms with Gasteiger partial charge in [0.1, 0.15) is 0 Å². The SMILES string of the molecule is Nc1nc(-c2ccc(I)cc2)no1. The van der Waals surface area contributed by atoms with Gasteiger partial charge in [-0.15, -0.1) is 0 Å². The third-order valence-corrected chi connectivity index (χ3v) is 2.26. The number of aromatic nitrogens is 2. The lowest BCUT2D eigenvalue weighted by Crippen LogP contribution is -1.84. The Morgan fingerprint density at radius 1 is 1.23 bits per heavy atom. The van der Waals surface area contributed by atoms with Crippen LogP contribution in [0.15, 0.2) is 28.8 Å². The van der Waals surface area contributed by atoms with Crippen LogP contribution in [0.2, 0.25) is 0 Å². The minimum absolute atomic E-state index is 0.0913. The zero-order valence-corrected chi connectivity index (χ0v) is 8.72. The lowest BCUT2D eigenvalue weighted by molar-refractivity contribution is 0.437. The molecule has 2 rings (SSSR count). The number of hydrogen-bond donors (Lipinski definition) is 1. The Hall–Kier alpha value is -1.11. The molecule has 1 aromatic carbocycles. The fourth-order valence-electron chi connectivity index (χ4n) is 0.951. The summed E-state index contributed by atoms with van der Waals surface area (Å²) in [5.74, 6) is 0.522. The van der Waals surface area contributed by atoms with E-state index in [4.69, 9.17) is 5.73 Å². The van der Waals surface area contributed by atoms with Crippen molar-refractivity contribution in [1.29, 1.82) is 0 Å². The topological polar surface area (TPSA) is 64.9 Å². The Bertz CT molecular complexity index is 410. The monoisotopic (exact) mass is 287 g/mol. The molecule has 0 aliphatic heterocycles. The summed E-state index contributed by atoms with van der Waals surface area (Å²) in [6.45, 7) is 0. The third-order valence-electron chi connectivity index (χ3n) is 1.54. The zero-order chi connectivity index (χ0) is 9.26. The molecule has 1 aromatic heterocycles. The van der Waals surface area contributed by atoms with Crippen LogP contribution in [0.5, 0.6) is 0 Å². The smallest absolute Gasteiger partial charge is 0.319 e. The number of anilines is 1. The fraction of sp³-hybridized carbons (Fsp3) is 0. The van der Waals surface area contributed by atoms with Gasteiger partial charge in [0, 0.05) is 9.13 Å². The molecule has 0 atom stereocenters. The summed E-state index contributed by atoms with van der Waals surface area (Å²) in [5, 5.41) is 3.70. The molecule has 0 saturated heterocycles. The number of nitrogens with two attached hydrogens (primary N) is 1. The predicted molar refractivity (Wildman–Crippen MR) is 56.9 cm³/mol. The lowest BCUT2D eigenvalue weighted by atomic mass is 10.2. The van der Waals surface area contributed by atoms with Gasteiger partial charge in [0.05, 0.1) is 0 Å². The summed E-state index contributed by atoms with van der Waals surface area (Å²) >= 11 is 2.23. The Morgan fingerprint density at radius 3 is 2.46 bits per heavy atom. The highest BCUT2D eigenvalue weighted by Crippen LogP contribution is 2.17. The predicted octanol–water partition coefficient (Wildman–Crippen LogP) is 1.92. The first-order valence-electron chi connectivity index (χ1n) is 3.61. The summed E-state index contributed by atoms with van der Waals surface area (Å²) in [6, 6.07) is 7.89. The molecule has 2 N–H and O–H groups in total. The standard InChI is InChI=1S/C8H6IN3O/c9-6-3-1-5(2-4-6)7-11-8(10)13-12-7/h1-4H,(H2,10,11,12). The van der Waals surface area contributed by atoms with Crippen molar-refractivity contribution in [3.8, 4) is 11.4 Å². The maximum Gasteiger partial charge on any atom is 0.319 e. The van der Waals surface area contributed by atoms with Crippen LogP contribution in [-0.4, -0.2) is 10.1 Å². The molecular weight excluding hydrogens is 281 g/mol. The zero-order valence-electron chi connectivity index (χ0n) is 6.57. The third kappa shape index (κ3) is 1.80. The minimum atomic E-state index is 0.0913. The molecule has 66 valence electrons. The van der Waals surface area contributed by atoms with Gasteiger partial charge in [-0.2, -0.15) is 4.98 Å². The number of benzene rings is 1. The molecule has 0 unspecified atom stereocenters. The van der Waals surface area contributed by atoms with Crippen LogP contribution >= 0.6 is 22.6 Å². The first-order chi connectivity index (χ1) is 6.25. The van der Waals surface area contributed by atoms with E-state index in [1.165, 1.54) is 0 Å². The summed E-state index contributed by atoms with van der Waals surface area (Å²) in [6.07, 6.45) is 0. The van der Waals surface area contributed by atoms with E-state index < -0.39 is 0 Å². The molecule has 0 aliphatic rings. The van der Waals surface area contributed by atoms with Gasteiger partial charge in [-0.1, -0.05) is 17.3 Å². The second-order valence-corrected chi connectivity index (χ2v) is 3.71. The van der Waals surface area contributed by atoms with Crippen molar-refractivity contribution >= 4 is 28.6 Å². The van der Waals surface area contributed by atoms with Gasteiger partial charge in [0.2, 0.25) is 5.82 Å². The van der Waals surface area contributed by atoms with Crippen LogP contribution < -0.4 is 5.73 Å². The van der Waals surface area contributed by atoms with Crippen molar-refractivity contribution < 1.29 is 4.52 Å². The van der Waals surface area contributed by atoms with Gasteiger partial charge >= 0.3 is 6.01 Å². The minimum Gasteiger partial charge on any atom is -0.351 e. The quantitative estimate of drug-likeness (QED) is 0.814. The largest absolute Gasteiger partial charge is 0.351 e. The van der Waals surface area contributed by atoms with Crippen molar-refractivity contribution in [1.82, 2.24) is 10.1 Å². The van der Waals surface area contributed by atoms with Crippen LogP contribution in [0.4, 0.5) is 6.01 Å². The molecule has 0 fully saturated rings. The van der Waals surface area contributed by atoms with E-state index in [2.05, 4.69) is 37.3 Å². The van der Waals surface area contributed by atoms with E-state index in [1.807, 2.05) is 24.3 Å². The Labute approximate surface area is 88.3 Å². The summed E-state index contributed by atoms with van der Waals surface area (Å²) < 4.78 is 5.83. The van der Waals surface area contributed by atoms with Crippen LogP contribution in [-0.2, 0) is 0 Å². The molecule has 0 spiro atoms. The second-order valence-electron chi connectivity index (χ2n) is 2.46. The van der Waals surface area contributed by atoms with Crippen molar-refractivity contribution in [2.24, 2.45) is 0 Å². The van der Waals surface area contributed by atoms with E-state index in [9.17, 15) is 0 Å². The van der Waals surface area contributed by atoms with E-state index in [0.29, 0.717) is 5.82 Å². The summed E-state index contributed by atoms with van der Waals surface area (Å²) in [4.78, 5) is 3.91. The first kappa shape index (κ1) is 8.49. The van der Waals surface area contributed by atoms with E-state index in [-0.39, 0.29) is 6.01 Å². The Morgan fingerprint density at radius 2 is 1.92 bits per heavy atom. The van der Waals surface area contributed by atoms with Crippen LogP contribution in [0, 0.1) is 3.57 Å². The van der Waals surface area contributed by atoms with Crippen LogP contribution in [0.1, 0.15) is 0 Å². The molecule has 4 nitrogen and oxygen atoms in total. The fourth-order valence-corrected chi connectivity index (χ4v) is 1.31. The maximum absolute atomic E-state index is 5.30. The second kappa shape index (κ2) is 3.33. The van der Waals surface area contributed by atoms with Crippen molar-refractivity contribution in [3.63, 3.8) is 0 Å². The average molecular weight is 287 g/mol. The van der Waals surface area contributed by atoms with Gasteiger partial charge in [-0.3, -0.25) is 0 Å². The van der Waals surface area contributed by atoms with E-state index in [0.717, 1.165) is 9.13 Å². The average Bonchev–Trinajstić information content (AvgIpc) is 2.53. The number of rotatable bonds is 1. The number of halogens is 1. The van der Waals surface area contributed by atoms with Gasteiger partial charge in [-0.05, 0) is 34.7 Å². The highest BCUT2D eigenvalue weighted by molar-refractivity contribution is 14.1. The first-order valence-corrected chi connectivity index (χ1v) is 4.69. The lowest BCUT2D eigenvalue weighted by Gasteiger charge is -1.92. The molecule has 0 bridgehead atoms. The van der Waals surface area contributed by atoms with E-state index in [1.54, 1.807) is 0 Å². The Balaban J connectivity index is 2.41. The van der Waals surface area contributed by atoms with E-state index >= 15 is 0 Å². The van der Waals surface area contributed by atoms with Gasteiger partial charge in [0.15, 0.2) is 0 Å². The Kier molecular flexibility index (Phi) is 2.17. The maximum atomic E-state index is 5.30. The normalized spacial score (nSPS) is 10.2. The highest BCUT2D eigenvalue weighted by atomic mass is 127. The molecule has 1 heterocycles. The molecule has 0 saturated carbocycles. The number of nitrogens with zero attached hydrogens (tertiary/aromatic N) is 2. The molecule has 0 amide bonds. The van der Waals surface area contributed by atoms with Crippen LogP contribution in [0.3, 0.4) is 0 Å². The van der Waals surface area contributed by atoms with Crippen molar-refractivity contribution in [2.75, 3.05) is 5.73 Å². The molecule has 0 radical (unpaired) electrons. The summed E-state index contributed by atoms with van der Waals surface area (Å²) in [5.41, 5.74) is 6.21. The highest BCUT2D eigenvalue weighted by Gasteiger charge is 2.04. The van der Waals surface area contributed by atoms with Crippen LogP contribution in [0.25, 0.3) is 11.4 Å². The number of hydrogen-bond acceptors (Lipinski definition) is 4. The molecule has 0 aliphatic carbocycles. The van der Waals surface area contributed by atoms with Gasteiger partial charge in [0.25, 0.3) is 0 Å². The van der Waals surface area contributed by atoms with Crippen molar-refractivity contribution in [3.05, 3.63) is 27.8 Å². The molecule has 13 heavy (non-hydrogen) atoms. The van der Waals surface area contributed by atoms with Gasteiger partial charge in [-0.25, -0.2) is 0 Å². The number of nitrogen functional groups attached to an aromatic ring is 1. The molecule has 5 heteroatoms. The molecular formula is C8H6IN3O. The molecule has 2 aromatic rings.